The third kappa shape index (κ3) is 2.57. The average molecular weight is 299 g/mol. The number of rotatable bonds is 3. The van der Waals surface area contributed by atoms with Crippen molar-refractivity contribution in [3.8, 4) is 0 Å². The van der Waals surface area contributed by atoms with Crippen molar-refractivity contribution in [1.29, 1.82) is 0 Å². The van der Waals surface area contributed by atoms with Crippen molar-refractivity contribution in [2.45, 2.75) is 6.42 Å². The van der Waals surface area contributed by atoms with Crippen molar-refractivity contribution in [2.24, 2.45) is 0 Å². The molecule has 0 atom stereocenters. The maximum absolute atomic E-state index is 13.3. The van der Waals surface area contributed by atoms with Crippen molar-refractivity contribution in [3.63, 3.8) is 0 Å². The zero-order valence-corrected chi connectivity index (χ0v) is 10.6. The largest absolute Gasteiger partial charge is 0.294 e. The van der Waals surface area contributed by atoms with Gasteiger partial charge in [-0.05, 0) is 34.1 Å². The molecule has 0 aliphatic heterocycles. The van der Waals surface area contributed by atoms with Crippen LogP contribution in [0.3, 0.4) is 0 Å². The first-order chi connectivity index (χ1) is 7.66. The highest BCUT2D eigenvalue weighted by Crippen LogP contribution is 2.21. The van der Waals surface area contributed by atoms with Gasteiger partial charge in [-0.3, -0.25) is 4.79 Å². The zero-order chi connectivity index (χ0) is 11.5. The first-order valence-corrected chi connectivity index (χ1v) is 6.35. The lowest BCUT2D eigenvalue weighted by atomic mass is 10.1. The number of ketones is 1. The number of Topliss-reactive ketones (excluding diaryl/α,β-unsaturated/α-hetero) is 1. The molecule has 82 valence electrons. The van der Waals surface area contributed by atoms with Gasteiger partial charge in [-0.25, -0.2) is 4.39 Å². The normalized spacial score (nSPS) is 10.4. The molecular weight excluding hydrogens is 291 g/mol. The molecule has 16 heavy (non-hydrogen) atoms. The highest BCUT2D eigenvalue weighted by molar-refractivity contribution is 9.10. The second-order valence-electron chi connectivity index (χ2n) is 3.31. The van der Waals surface area contributed by atoms with Crippen molar-refractivity contribution in [2.75, 3.05) is 0 Å². The minimum Gasteiger partial charge on any atom is -0.294 e. The fourth-order valence-electron chi connectivity index (χ4n) is 1.39. The van der Waals surface area contributed by atoms with Crippen LogP contribution >= 0.6 is 27.3 Å². The number of thiophene rings is 1. The number of halogens is 2. The van der Waals surface area contributed by atoms with Crippen molar-refractivity contribution in [1.82, 2.24) is 0 Å². The van der Waals surface area contributed by atoms with E-state index in [1.807, 2.05) is 11.4 Å². The molecule has 4 heteroatoms. The summed E-state index contributed by atoms with van der Waals surface area (Å²) in [5, 5.41) is 1.91. The molecule has 0 aliphatic carbocycles. The smallest absolute Gasteiger partial charge is 0.170 e. The SMILES string of the molecule is O=C(Cc1cc(Br)cs1)c1ccccc1F. The van der Waals surface area contributed by atoms with Gasteiger partial charge in [0.15, 0.2) is 5.78 Å². The lowest BCUT2D eigenvalue weighted by Crippen LogP contribution is -2.04. The molecular formula is C12H8BrFOS. The fraction of sp³-hybridized carbons (Fsp3) is 0.0833. The van der Waals surface area contributed by atoms with Crippen LogP contribution in [0.5, 0.6) is 0 Å². The fourth-order valence-corrected chi connectivity index (χ4v) is 2.84. The Morgan fingerprint density at radius 2 is 2.12 bits per heavy atom. The summed E-state index contributed by atoms with van der Waals surface area (Å²) < 4.78 is 14.3. The molecule has 0 fully saturated rings. The van der Waals surface area contributed by atoms with Crippen molar-refractivity contribution in [3.05, 3.63) is 56.4 Å². The minimum absolute atomic E-state index is 0.159. The molecule has 1 heterocycles. The summed E-state index contributed by atoms with van der Waals surface area (Å²) >= 11 is 4.81. The first kappa shape index (κ1) is 11.5. The Balaban J connectivity index is 2.18. The molecule has 0 saturated heterocycles. The highest BCUT2D eigenvalue weighted by atomic mass is 79.9. The third-order valence-electron chi connectivity index (χ3n) is 2.13. The van der Waals surface area contributed by atoms with Gasteiger partial charge < -0.3 is 0 Å². The van der Waals surface area contributed by atoms with E-state index in [2.05, 4.69) is 15.9 Å². The Bertz CT molecular complexity index is 521. The van der Waals surface area contributed by atoms with Crippen molar-refractivity contribution < 1.29 is 9.18 Å². The summed E-state index contributed by atoms with van der Waals surface area (Å²) in [4.78, 5) is 12.7. The van der Waals surface area contributed by atoms with E-state index in [9.17, 15) is 9.18 Å². The van der Waals surface area contributed by atoms with Gasteiger partial charge >= 0.3 is 0 Å². The van der Waals surface area contributed by atoms with Crippen LogP contribution in [0, 0.1) is 5.82 Å². The Morgan fingerprint density at radius 1 is 1.38 bits per heavy atom. The van der Waals surface area contributed by atoms with E-state index in [0.29, 0.717) is 0 Å². The molecule has 0 spiro atoms. The predicted octanol–water partition coefficient (Wildman–Crippen LogP) is 4.08. The van der Waals surface area contributed by atoms with Crippen LogP contribution in [-0.2, 0) is 6.42 Å². The van der Waals surface area contributed by atoms with E-state index in [4.69, 9.17) is 0 Å². The summed E-state index contributed by atoms with van der Waals surface area (Å²) in [6, 6.07) is 7.94. The van der Waals surface area contributed by atoms with Crippen LogP contribution in [0.4, 0.5) is 4.39 Å². The van der Waals surface area contributed by atoms with Gasteiger partial charge in [0.2, 0.25) is 0 Å². The summed E-state index contributed by atoms with van der Waals surface area (Å²) in [7, 11) is 0. The molecule has 0 aliphatic rings. The maximum Gasteiger partial charge on any atom is 0.170 e. The lowest BCUT2D eigenvalue weighted by molar-refractivity contribution is 0.0990. The second kappa shape index (κ2) is 4.89. The summed E-state index contributed by atoms with van der Waals surface area (Å²) in [5.41, 5.74) is 0.159. The second-order valence-corrected chi connectivity index (χ2v) is 5.22. The van der Waals surface area contributed by atoms with E-state index < -0.39 is 5.82 Å². The molecule has 1 nitrogen and oxygen atoms in total. The number of carbonyl (C=O) groups is 1. The van der Waals surface area contributed by atoms with E-state index >= 15 is 0 Å². The predicted molar refractivity (Wildman–Crippen MR) is 66.5 cm³/mol. The Labute approximate surface area is 105 Å². The summed E-state index contributed by atoms with van der Waals surface area (Å²) in [6.07, 6.45) is 0.247. The number of carbonyl (C=O) groups excluding carboxylic acids is 1. The molecule has 0 radical (unpaired) electrons. The molecule has 2 rings (SSSR count). The lowest BCUT2D eigenvalue weighted by Gasteiger charge is -2.00. The van der Waals surface area contributed by atoms with Crippen LogP contribution in [0.15, 0.2) is 40.2 Å². The standard InChI is InChI=1S/C12H8BrFOS/c13-8-5-9(16-7-8)6-12(15)10-3-1-2-4-11(10)14/h1-5,7H,6H2. The first-order valence-electron chi connectivity index (χ1n) is 4.67. The van der Waals surface area contributed by atoms with Crippen molar-refractivity contribution >= 4 is 33.0 Å². The van der Waals surface area contributed by atoms with E-state index in [1.165, 1.54) is 23.5 Å². The van der Waals surface area contributed by atoms with Crippen LogP contribution in [-0.4, -0.2) is 5.78 Å². The molecule has 0 bridgehead atoms. The Hall–Kier alpha value is -1.00. The number of benzene rings is 1. The maximum atomic E-state index is 13.3. The molecule has 2 aromatic rings. The third-order valence-corrected chi connectivity index (χ3v) is 3.83. The van der Waals surface area contributed by atoms with Crippen LogP contribution in [0.25, 0.3) is 0 Å². The highest BCUT2D eigenvalue weighted by Gasteiger charge is 2.12. The van der Waals surface area contributed by atoms with E-state index in [-0.39, 0.29) is 17.8 Å². The van der Waals surface area contributed by atoms with Gasteiger partial charge in [0.25, 0.3) is 0 Å². The molecule has 1 aromatic heterocycles. The molecule has 0 unspecified atom stereocenters. The Morgan fingerprint density at radius 3 is 2.75 bits per heavy atom. The van der Waals surface area contributed by atoms with Gasteiger partial charge in [-0.15, -0.1) is 11.3 Å². The topological polar surface area (TPSA) is 17.1 Å². The molecule has 1 aromatic carbocycles. The van der Waals surface area contributed by atoms with E-state index in [1.54, 1.807) is 12.1 Å². The van der Waals surface area contributed by atoms with Crippen LogP contribution < -0.4 is 0 Å². The van der Waals surface area contributed by atoms with Gasteiger partial charge in [0, 0.05) is 21.2 Å². The van der Waals surface area contributed by atoms with Gasteiger partial charge in [0.1, 0.15) is 5.82 Å². The Kier molecular flexibility index (Phi) is 3.51. The number of hydrogen-bond acceptors (Lipinski definition) is 2. The van der Waals surface area contributed by atoms with E-state index in [0.717, 1.165) is 9.35 Å². The van der Waals surface area contributed by atoms with Crippen LogP contribution in [0.2, 0.25) is 0 Å². The zero-order valence-electron chi connectivity index (χ0n) is 8.24. The molecule has 0 N–H and O–H groups in total. The average Bonchev–Trinajstić information content (AvgIpc) is 2.64. The number of hydrogen-bond donors (Lipinski definition) is 0. The minimum atomic E-state index is -0.455. The summed E-state index contributed by atoms with van der Waals surface area (Å²) in [6.45, 7) is 0. The monoisotopic (exact) mass is 298 g/mol. The summed E-state index contributed by atoms with van der Waals surface area (Å²) in [5.74, 6) is -0.643. The quantitative estimate of drug-likeness (QED) is 0.781. The van der Waals surface area contributed by atoms with Crippen LogP contribution in [0.1, 0.15) is 15.2 Å². The molecule has 0 saturated carbocycles. The molecule has 0 amide bonds. The van der Waals surface area contributed by atoms with Gasteiger partial charge in [-0.2, -0.15) is 0 Å². The van der Waals surface area contributed by atoms with Gasteiger partial charge in [0.05, 0.1) is 5.56 Å². The van der Waals surface area contributed by atoms with Gasteiger partial charge in [-0.1, -0.05) is 12.1 Å².